The molecule has 0 bridgehead atoms. The quantitative estimate of drug-likeness (QED) is 0.820. The Morgan fingerprint density at radius 3 is 2.62 bits per heavy atom. The van der Waals surface area contributed by atoms with Crippen molar-refractivity contribution in [2.24, 2.45) is 0 Å². The van der Waals surface area contributed by atoms with Gasteiger partial charge in [-0.05, 0) is 41.6 Å². The van der Waals surface area contributed by atoms with Gasteiger partial charge in [0.05, 0.1) is 13.2 Å². The van der Waals surface area contributed by atoms with Gasteiger partial charge in [0, 0.05) is 13.1 Å². The minimum absolute atomic E-state index is 0.652. The van der Waals surface area contributed by atoms with Crippen molar-refractivity contribution in [2.75, 3.05) is 32.8 Å². The first-order chi connectivity index (χ1) is 10.4. The van der Waals surface area contributed by atoms with Crippen molar-refractivity contribution < 1.29 is 4.74 Å². The number of benzene rings is 2. The predicted octanol–water partition coefficient (Wildman–Crippen LogP) is 4.06. The lowest BCUT2D eigenvalue weighted by Crippen LogP contribution is -2.37. The maximum absolute atomic E-state index is 5.43. The van der Waals surface area contributed by atoms with Crippen LogP contribution in [0.3, 0.4) is 0 Å². The zero-order valence-corrected chi connectivity index (χ0v) is 12.9. The molecular formula is C19H25NO. The van der Waals surface area contributed by atoms with Crippen LogP contribution in [0.4, 0.5) is 0 Å². The Kier molecular flexibility index (Phi) is 4.89. The number of hydrogen-bond acceptors (Lipinski definition) is 2. The van der Waals surface area contributed by atoms with E-state index in [0.717, 1.165) is 26.3 Å². The van der Waals surface area contributed by atoms with Crippen LogP contribution < -0.4 is 0 Å². The first kappa shape index (κ1) is 14.6. The highest BCUT2D eigenvalue weighted by Crippen LogP contribution is 2.30. The van der Waals surface area contributed by atoms with Crippen molar-refractivity contribution in [1.29, 1.82) is 0 Å². The lowest BCUT2D eigenvalue weighted by atomic mass is 9.89. The molecule has 1 fully saturated rings. The molecular weight excluding hydrogens is 258 g/mol. The van der Waals surface area contributed by atoms with Gasteiger partial charge in [0.2, 0.25) is 0 Å². The molecule has 0 aromatic heterocycles. The maximum Gasteiger partial charge on any atom is 0.0594 e. The molecule has 0 amide bonds. The first-order valence-corrected chi connectivity index (χ1v) is 8.16. The highest BCUT2D eigenvalue weighted by atomic mass is 16.5. The van der Waals surface area contributed by atoms with Crippen molar-refractivity contribution in [3.05, 3.63) is 48.0 Å². The first-order valence-electron chi connectivity index (χ1n) is 8.16. The molecule has 2 heteroatoms. The normalized spacial score (nSPS) is 18.0. The van der Waals surface area contributed by atoms with E-state index in [0.29, 0.717) is 5.92 Å². The monoisotopic (exact) mass is 283 g/mol. The van der Waals surface area contributed by atoms with E-state index in [1.165, 1.54) is 35.7 Å². The summed E-state index contributed by atoms with van der Waals surface area (Å²) in [7, 11) is 0. The molecule has 2 aromatic rings. The predicted molar refractivity (Wildman–Crippen MR) is 88.9 cm³/mol. The Balaban J connectivity index is 1.75. The second-order valence-corrected chi connectivity index (χ2v) is 5.92. The van der Waals surface area contributed by atoms with Gasteiger partial charge in [0.1, 0.15) is 0 Å². The molecule has 3 rings (SSSR count). The van der Waals surface area contributed by atoms with Gasteiger partial charge in [-0.25, -0.2) is 0 Å². The Bertz CT molecular complexity index is 569. The topological polar surface area (TPSA) is 12.5 Å². The van der Waals surface area contributed by atoms with E-state index in [1.54, 1.807) is 0 Å². The van der Waals surface area contributed by atoms with E-state index in [-0.39, 0.29) is 0 Å². The third kappa shape index (κ3) is 3.45. The number of rotatable bonds is 5. The smallest absolute Gasteiger partial charge is 0.0594 e. The minimum atomic E-state index is 0.652. The van der Waals surface area contributed by atoms with Gasteiger partial charge in [-0.15, -0.1) is 0 Å². The van der Waals surface area contributed by atoms with E-state index < -0.39 is 0 Å². The fraction of sp³-hybridized carbons (Fsp3) is 0.474. The van der Waals surface area contributed by atoms with Crippen LogP contribution in [0.2, 0.25) is 0 Å². The molecule has 1 atom stereocenters. The van der Waals surface area contributed by atoms with E-state index in [2.05, 4.69) is 54.3 Å². The number of nitrogens with zero attached hydrogens (tertiary/aromatic N) is 1. The second-order valence-electron chi connectivity index (χ2n) is 5.92. The van der Waals surface area contributed by atoms with Gasteiger partial charge in [0.25, 0.3) is 0 Å². The number of ether oxygens (including phenoxy) is 1. The molecule has 0 N–H and O–H groups in total. The fourth-order valence-electron chi connectivity index (χ4n) is 3.35. The highest BCUT2D eigenvalue weighted by molar-refractivity contribution is 5.86. The Labute approximate surface area is 127 Å². The molecule has 1 saturated heterocycles. The number of morpholine rings is 1. The summed E-state index contributed by atoms with van der Waals surface area (Å²) in [5.41, 5.74) is 1.52. The van der Waals surface area contributed by atoms with Gasteiger partial charge < -0.3 is 4.74 Å². The molecule has 0 spiro atoms. The SMILES string of the molecule is CCC(CCN1CCOCC1)c1cccc2ccccc12. The summed E-state index contributed by atoms with van der Waals surface area (Å²) in [6.07, 6.45) is 2.45. The molecule has 1 heterocycles. The van der Waals surface area contributed by atoms with E-state index >= 15 is 0 Å². The third-order valence-electron chi connectivity index (χ3n) is 4.65. The number of hydrogen-bond donors (Lipinski definition) is 0. The molecule has 1 aliphatic heterocycles. The van der Waals surface area contributed by atoms with Gasteiger partial charge in [-0.2, -0.15) is 0 Å². The van der Waals surface area contributed by atoms with Gasteiger partial charge >= 0.3 is 0 Å². The fourth-order valence-corrected chi connectivity index (χ4v) is 3.35. The van der Waals surface area contributed by atoms with Crippen molar-refractivity contribution in [1.82, 2.24) is 4.90 Å². The summed E-state index contributed by atoms with van der Waals surface area (Å²) in [6.45, 7) is 7.46. The zero-order valence-electron chi connectivity index (χ0n) is 12.9. The van der Waals surface area contributed by atoms with Crippen molar-refractivity contribution in [3.63, 3.8) is 0 Å². The summed E-state index contributed by atoms with van der Waals surface area (Å²) < 4.78 is 5.43. The van der Waals surface area contributed by atoms with Crippen LogP contribution in [0.5, 0.6) is 0 Å². The largest absolute Gasteiger partial charge is 0.379 e. The summed E-state index contributed by atoms with van der Waals surface area (Å²) >= 11 is 0. The van der Waals surface area contributed by atoms with Crippen LogP contribution in [0.1, 0.15) is 31.2 Å². The molecule has 21 heavy (non-hydrogen) atoms. The Morgan fingerprint density at radius 2 is 1.81 bits per heavy atom. The van der Waals surface area contributed by atoms with Crippen molar-refractivity contribution in [3.8, 4) is 0 Å². The molecule has 112 valence electrons. The minimum Gasteiger partial charge on any atom is -0.379 e. The van der Waals surface area contributed by atoms with E-state index in [4.69, 9.17) is 4.74 Å². The summed E-state index contributed by atoms with van der Waals surface area (Å²) in [5, 5.41) is 2.79. The summed E-state index contributed by atoms with van der Waals surface area (Å²) in [5.74, 6) is 0.652. The zero-order chi connectivity index (χ0) is 14.5. The lowest BCUT2D eigenvalue weighted by Gasteiger charge is -2.28. The van der Waals surface area contributed by atoms with Crippen LogP contribution >= 0.6 is 0 Å². The standard InChI is InChI=1S/C19H25NO/c1-2-16(10-11-20-12-14-21-15-13-20)18-9-5-7-17-6-3-4-8-19(17)18/h3-9,16H,2,10-15H2,1H3. The molecule has 1 aliphatic rings. The van der Waals surface area contributed by atoms with Crippen LogP contribution in [-0.4, -0.2) is 37.7 Å². The van der Waals surface area contributed by atoms with Crippen LogP contribution in [0.15, 0.2) is 42.5 Å². The van der Waals surface area contributed by atoms with Gasteiger partial charge in [-0.3, -0.25) is 4.90 Å². The van der Waals surface area contributed by atoms with Crippen molar-refractivity contribution in [2.45, 2.75) is 25.7 Å². The van der Waals surface area contributed by atoms with Crippen LogP contribution in [0.25, 0.3) is 10.8 Å². The Hall–Kier alpha value is -1.38. The van der Waals surface area contributed by atoms with Gasteiger partial charge in [-0.1, -0.05) is 49.4 Å². The summed E-state index contributed by atoms with van der Waals surface area (Å²) in [6, 6.07) is 15.5. The lowest BCUT2D eigenvalue weighted by molar-refractivity contribution is 0.0365. The Morgan fingerprint density at radius 1 is 1.05 bits per heavy atom. The van der Waals surface area contributed by atoms with E-state index in [9.17, 15) is 0 Å². The summed E-state index contributed by atoms with van der Waals surface area (Å²) in [4.78, 5) is 2.54. The number of fused-ring (bicyclic) bond motifs is 1. The maximum atomic E-state index is 5.43. The molecule has 0 radical (unpaired) electrons. The molecule has 1 unspecified atom stereocenters. The molecule has 2 nitrogen and oxygen atoms in total. The molecule has 0 aliphatic carbocycles. The second kappa shape index (κ2) is 7.06. The molecule has 2 aromatic carbocycles. The third-order valence-corrected chi connectivity index (χ3v) is 4.65. The average molecular weight is 283 g/mol. The van der Waals surface area contributed by atoms with Crippen LogP contribution in [0, 0.1) is 0 Å². The average Bonchev–Trinajstić information content (AvgIpc) is 2.56. The van der Waals surface area contributed by atoms with Gasteiger partial charge in [0.15, 0.2) is 0 Å². The van der Waals surface area contributed by atoms with Crippen LogP contribution in [-0.2, 0) is 4.74 Å². The van der Waals surface area contributed by atoms with Crippen molar-refractivity contribution >= 4 is 10.8 Å². The molecule has 0 saturated carbocycles. The highest BCUT2D eigenvalue weighted by Gasteiger charge is 2.16. The van der Waals surface area contributed by atoms with E-state index in [1.807, 2.05) is 0 Å².